The molecule has 2 amide bonds. The van der Waals surface area contributed by atoms with Crippen LogP contribution < -0.4 is 15.1 Å². The number of likely N-dealkylation sites (N-methyl/N-ethyl adjacent to an activating group) is 1. The summed E-state index contributed by atoms with van der Waals surface area (Å²) in [6.45, 7) is 0. The highest BCUT2D eigenvalue weighted by molar-refractivity contribution is 5.94. The van der Waals surface area contributed by atoms with Gasteiger partial charge in [0.05, 0.1) is 11.4 Å². The van der Waals surface area contributed by atoms with Gasteiger partial charge in [-0.2, -0.15) is 0 Å². The van der Waals surface area contributed by atoms with Gasteiger partial charge in [-0.3, -0.25) is 9.59 Å². The maximum Gasteiger partial charge on any atom is 0.242 e. The van der Waals surface area contributed by atoms with Crippen LogP contribution in [0.25, 0.3) is 0 Å². The molecule has 1 rings (SSSR count). The molecule has 1 aromatic carbocycles. The number of hydrogen-bond acceptors (Lipinski definition) is 4. The molecule has 1 atom stereocenters. The first-order chi connectivity index (χ1) is 10.1. The molecule has 0 aliphatic heterocycles. The monoisotopic (exact) mass is 307 g/mol. The van der Waals surface area contributed by atoms with Crippen molar-refractivity contribution in [2.24, 2.45) is 0 Å². The minimum absolute atomic E-state index is 0. The van der Waals surface area contributed by atoms with Crippen LogP contribution in [0.3, 0.4) is 0 Å². The van der Waals surface area contributed by atoms with Crippen LogP contribution in [0.2, 0.25) is 0 Å². The SMILES string of the molecule is C.CNC(=O)C(CCC=O)N(C=O)c1ccccc1N(C)C. The Morgan fingerprint density at radius 1 is 1.23 bits per heavy atom. The third-order valence-corrected chi connectivity index (χ3v) is 3.20. The number of nitrogens with one attached hydrogen (secondary N) is 1. The Kier molecular flexibility index (Phi) is 8.52. The number of hydrogen-bond donors (Lipinski definition) is 1. The topological polar surface area (TPSA) is 69.7 Å². The average Bonchev–Trinajstić information content (AvgIpc) is 2.50. The predicted molar refractivity (Wildman–Crippen MR) is 89.2 cm³/mol. The van der Waals surface area contributed by atoms with E-state index in [4.69, 9.17) is 0 Å². The molecular weight excluding hydrogens is 282 g/mol. The minimum Gasteiger partial charge on any atom is -0.376 e. The lowest BCUT2D eigenvalue weighted by Crippen LogP contribution is -2.46. The number of carbonyl (C=O) groups excluding carboxylic acids is 3. The predicted octanol–water partition coefficient (Wildman–Crippen LogP) is 1.45. The average molecular weight is 307 g/mol. The van der Waals surface area contributed by atoms with Crippen molar-refractivity contribution < 1.29 is 14.4 Å². The van der Waals surface area contributed by atoms with E-state index in [9.17, 15) is 14.4 Å². The van der Waals surface area contributed by atoms with Gasteiger partial charge in [-0.05, 0) is 18.6 Å². The van der Waals surface area contributed by atoms with Gasteiger partial charge in [-0.15, -0.1) is 0 Å². The summed E-state index contributed by atoms with van der Waals surface area (Å²) in [4.78, 5) is 37.4. The lowest BCUT2D eigenvalue weighted by Gasteiger charge is -2.30. The van der Waals surface area contributed by atoms with Crippen molar-refractivity contribution in [2.45, 2.75) is 26.3 Å². The Labute approximate surface area is 132 Å². The molecule has 0 saturated heterocycles. The van der Waals surface area contributed by atoms with Crippen LogP contribution in [-0.2, 0) is 14.4 Å². The quantitative estimate of drug-likeness (QED) is 0.738. The number of anilines is 2. The molecular formula is C16H25N3O3. The zero-order chi connectivity index (χ0) is 15.8. The molecule has 0 aliphatic carbocycles. The number of nitrogens with zero attached hydrogens (tertiary/aromatic N) is 2. The van der Waals surface area contributed by atoms with E-state index in [1.165, 1.54) is 11.9 Å². The Morgan fingerprint density at radius 3 is 2.27 bits per heavy atom. The summed E-state index contributed by atoms with van der Waals surface area (Å²) in [5.41, 5.74) is 1.46. The second-order valence-electron chi connectivity index (χ2n) is 4.77. The van der Waals surface area contributed by atoms with Crippen LogP contribution in [0.5, 0.6) is 0 Å². The summed E-state index contributed by atoms with van der Waals surface area (Å²) >= 11 is 0. The summed E-state index contributed by atoms with van der Waals surface area (Å²) in [5, 5.41) is 2.54. The van der Waals surface area contributed by atoms with E-state index < -0.39 is 6.04 Å². The lowest BCUT2D eigenvalue weighted by molar-refractivity contribution is -0.123. The van der Waals surface area contributed by atoms with Crippen molar-refractivity contribution in [3.05, 3.63) is 24.3 Å². The summed E-state index contributed by atoms with van der Waals surface area (Å²) in [6, 6.07) is 6.60. The van der Waals surface area contributed by atoms with Crippen molar-refractivity contribution in [1.29, 1.82) is 0 Å². The molecule has 6 nitrogen and oxygen atoms in total. The van der Waals surface area contributed by atoms with Crippen LogP contribution in [0.4, 0.5) is 11.4 Å². The number of amides is 2. The van der Waals surface area contributed by atoms with Gasteiger partial charge in [0.15, 0.2) is 0 Å². The van der Waals surface area contributed by atoms with Crippen LogP contribution >= 0.6 is 0 Å². The van der Waals surface area contributed by atoms with Crippen LogP contribution in [-0.4, -0.2) is 45.8 Å². The molecule has 0 bridgehead atoms. The number of para-hydroxylation sites is 2. The van der Waals surface area contributed by atoms with Gasteiger partial charge in [0, 0.05) is 27.6 Å². The maximum atomic E-state index is 12.0. The van der Waals surface area contributed by atoms with Gasteiger partial charge < -0.3 is 19.9 Å². The standard InChI is InChI=1S/C15H21N3O3.CH4/c1-16-15(21)14(9-6-10-19)18(11-20)13-8-5-4-7-12(13)17(2)3;/h4-5,7-8,10-11,14H,6,9H2,1-3H3,(H,16,21);1H4. The van der Waals surface area contributed by atoms with Gasteiger partial charge in [0.1, 0.15) is 12.3 Å². The molecule has 0 radical (unpaired) electrons. The Balaban J connectivity index is 0.00000441. The fourth-order valence-corrected chi connectivity index (χ4v) is 2.15. The van der Waals surface area contributed by atoms with Gasteiger partial charge in [-0.1, -0.05) is 19.6 Å². The molecule has 0 aromatic heterocycles. The normalized spacial score (nSPS) is 10.9. The number of carbonyl (C=O) groups is 3. The van der Waals surface area contributed by atoms with Crippen molar-refractivity contribution in [2.75, 3.05) is 30.9 Å². The zero-order valence-electron chi connectivity index (χ0n) is 12.6. The van der Waals surface area contributed by atoms with Crippen molar-refractivity contribution in [3.8, 4) is 0 Å². The van der Waals surface area contributed by atoms with E-state index in [1.54, 1.807) is 12.1 Å². The molecule has 0 aliphatic rings. The molecule has 1 N–H and O–H groups in total. The first-order valence-corrected chi connectivity index (χ1v) is 6.72. The van der Waals surface area contributed by atoms with Crippen LogP contribution in [0, 0.1) is 0 Å². The van der Waals surface area contributed by atoms with Gasteiger partial charge >= 0.3 is 0 Å². The fourth-order valence-electron chi connectivity index (χ4n) is 2.15. The highest BCUT2D eigenvalue weighted by Crippen LogP contribution is 2.29. The summed E-state index contributed by atoms with van der Waals surface area (Å²) in [7, 11) is 5.24. The number of benzene rings is 1. The maximum absolute atomic E-state index is 12.0. The largest absolute Gasteiger partial charge is 0.376 e. The molecule has 6 heteroatoms. The second kappa shape index (κ2) is 9.55. The zero-order valence-corrected chi connectivity index (χ0v) is 12.6. The number of rotatable bonds is 8. The lowest BCUT2D eigenvalue weighted by atomic mass is 10.1. The Morgan fingerprint density at radius 2 is 1.82 bits per heavy atom. The Hall–Kier alpha value is -2.37. The van der Waals surface area contributed by atoms with Crippen molar-refractivity contribution >= 4 is 30.0 Å². The second-order valence-corrected chi connectivity index (χ2v) is 4.77. The van der Waals surface area contributed by atoms with Gasteiger partial charge in [0.25, 0.3) is 0 Å². The third-order valence-electron chi connectivity index (χ3n) is 3.20. The molecule has 0 fully saturated rings. The highest BCUT2D eigenvalue weighted by atomic mass is 16.2. The molecule has 0 spiro atoms. The van der Waals surface area contributed by atoms with E-state index >= 15 is 0 Å². The summed E-state index contributed by atoms with van der Waals surface area (Å²) < 4.78 is 0. The summed E-state index contributed by atoms with van der Waals surface area (Å²) in [5.74, 6) is -0.294. The van der Waals surface area contributed by atoms with E-state index in [-0.39, 0.29) is 26.2 Å². The summed E-state index contributed by atoms with van der Waals surface area (Å²) in [6.07, 6.45) is 1.88. The van der Waals surface area contributed by atoms with Crippen LogP contribution in [0.15, 0.2) is 24.3 Å². The van der Waals surface area contributed by atoms with E-state index in [1.807, 2.05) is 31.1 Å². The molecule has 1 aromatic rings. The third kappa shape index (κ3) is 4.58. The van der Waals surface area contributed by atoms with E-state index in [2.05, 4.69) is 5.32 Å². The number of aldehydes is 1. The Bertz CT molecular complexity index is 503. The smallest absolute Gasteiger partial charge is 0.242 e. The first kappa shape index (κ1) is 19.6. The highest BCUT2D eigenvalue weighted by Gasteiger charge is 2.26. The molecule has 122 valence electrons. The van der Waals surface area contributed by atoms with E-state index in [0.717, 1.165) is 12.0 Å². The minimum atomic E-state index is -0.709. The molecule has 1 unspecified atom stereocenters. The van der Waals surface area contributed by atoms with Gasteiger partial charge in [-0.25, -0.2) is 0 Å². The first-order valence-electron chi connectivity index (χ1n) is 6.72. The van der Waals surface area contributed by atoms with E-state index in [0.29, 0.717) is 12.1 Å². The van der Waals surface area contributed by atoms with Crippen molar-refractivity contribution in [3.63, 3.8) is 0 Å². The van der Waals surface area contributed by atoms with Gasteiger partial charge in [0.2, 0.25) is 12.3 Å². The molecule has 0 saturated carbocycles. The molecule has 22 heavy (non-hydrogen) atoms. The fraction of sp³-hybridized carbons (Fsp3) is 0.438. The van der Waals surface area contributed by atoms with Crippen LogP contribution in [0.1, 0.15) is 20.3 Å². The molecule has 0 heterocycles. The van der Waals surface area contributed by atoms with Crippen molar-refractivity contribution in [1.82, 2.24) is 5.32 Å².